The van der Waals surface area contributed by atoms with Gasteiger partial charge in [0.2, 0.25) is 0 Å². The smallest absolute Gasteiger partial charge is 0.252 e. The van der Waals surface area contributed by atoms with Crippen molar-refractivity contribution >= 4 is 79.0 Å². The van der Waals surface area contributed by atoms with Gasteiger partial charge in [0.05, 0.1) is 16.7 Å². The van der Waals surface area contributed by atoms with E-state index >= 15 is 0 Å². The fraction of sp³-hybridized carbons (Fsp3) is 0.108. The van der Waals surface area contributed by atoms with Gasteiger partial charge >= 0.3 is 0 Å². The van der Waals surface area contributed by atoms with E-state index < -0.39 is 0 Å². The Morgan fingerprint density at radius 3 is 1.05 bits per heavy atom. The van der Waals surface area contributed by atoms with Crippen LogP contribution in [-0.2, 0) is 10.8 Å². The Morgan fingerprint density at radius 1 is 0.295 bits per heavy atom. The van der Waals surface area contributed by atoms with Gasteiger partial charge in [-0.15, -0.1) is 0 Å². The molecule has 1 aromatic heterocycles. The Kier molecular flexibility index (Phi) is 11.1. The summed E-state index contributed by atoms with van der Waals surface area (Å²) in [6.45, 7) is 14.0. The van der Waals surface area contributed by atoms with Crippen molar-refractivity contribution in [2.45, 2.75) is 52.4 Å². The summed E-state index contributed by atoms with van der Waals surface area (Å²) in [5, 5.41) is 2.50. The maximum Gasteiger partial charge on any atom is 0.252 e. The van der Waals surface area contributed by atoms with Gasteiger partial charge in [-0.3, -0.25) is 0 Å². The van der Waals surface area contributed by atoms with Gasteiger partial charge in [-0.25, -0.2) is 0 Å². The predicted molar refractivity (Wildman–Crippen MR) is 334 cm³/mol. The van der Waals surface area contributed by atoms with Gasteiger partial charge in [-0.05, 0) is 145 Å². The first-order valence-corrected chi connectivity index (χ1v) is 27.5. The highest BCUT2D eigenvalue weighted by molar-refractivity contribution is 7.00. The molecule has 0 spiro atoms. The lowest BCUT2D eigenvalue weighted by atomic mass is 9.33. The van der Waals surface area contributed by atoms with Crippen LogP contribution in [0.2, 0.25) is 0 Å². The molecule has 12 aromatic rings. The average Bonchev–Trinajstić information content (AvgIpc) is 3.75. The zero-order valence-corrected chi connectivity index (χ0v) is 45.2. The van der Waals surface area contributed by atoms with E-state index in [0.29, 0.717) is 0 Å². The van der Waals surface area contributed by atoms with E-state index in [1.165, 1.54) is 105 Å². The SMILES string of the molecule is CC(C)(C)c1cc(-c2ccccc2)c2c(c1)c1cc(C(C)(C)C)cc(-c3ccccc3)c1n2-c1cc2c3c(c1)N(c1cccc(-c4ccccc4)c1)c1ccccc1B3c1ccccc1N2c1cccc(-c2ccccc2)c1. The molecule has 3 nitrogen and oxygen atoms in total. The van der Waals surface area contributed by atoms with Crippen molar-refractivity contribution < 1.29 is 0 Å². The van der Waals surface area contributed by atoms with E-state index in [0.717, 1.165) is 28.4 Å². The van der Waals surface area contributed by atoms with Crippen LogP contribution in [0.4, 0.5) is 34.1 Å². The molecule has 0 saturated carbocycles. The summed E-state index contributed by atoms with van der Waals surface area (Å²) in [6, 6.07) is 95.4. The number of fused-ring (bicyclic) bond motifs is 7. The van der Waals surface area contributed by atoms with E-state index in [1.807, 2.05) is 0 Å². The van der Waals surface area contributed by atoms with Crippen LogP contribution in [-0.4, -0.2) is 11.3 Å². The van der Waals surface area contributed by atoms with Crippen molar-refractivity contribution in [3.05, 3.63) is 266 Å². The third-order valence-electron chi connectivity index (χ3n) is 16.4. The molecule has 0 bridgehead atoms. The van der Waals surface area contributed by atoms with Gasteiger partial charge in [0.25, 0.3) is 6.71 Å². The Morgan fingerprint density at radius 2 is 0.654 bits per heavy atom. The zero-order valence-electron chi connectivity index (χ0n) is 45.2. The molecule has 0 atom stereocenters. The van der Waals surface area contributed by atoms with Crippen LogP contribution in [0.15, 0.2) is 255 Å². The molecule has 3 heterocycles. The second-order valence-corrected chi connectivity index (χ2v) is 23.4. The van der Waals surface area contributed by atoms with Crippen LogP contribution in [0, 0.1) is 0 Å². The van der Waals surface area contributed by atoms with E-state index in [2.05, 4.69) is 311 Å². The minimum atomic E-state index is -0.120. The van der Waals surface area contributed by atoms with Gasteiger partial charge in [-0.2, -0.15) is 0 Å². The van der Waals surface area contributed by atoms with Crippen molar-refractivity contribution in [3.8, 4) is 50.2 Å². The second kappa shape index (κ2) is 18.3. The number of hydrogen-bond donors (Lipinski definition) is 0. The maximum atomic E-state index is 2.65. The standard InChI is InChI=1S/C74H60BN3/c1-73(2,3)55-43-60(51-29-15-9-16-30-51)71-62(45-55)63-46-56(74(4,5)6)44-61(52-31-17-10-18-32-52)72(63)78(71)59-47-68-70-69(48-59)77(58-36-24-34-54(42-58)50-27-13-8-14-28-50)67-40-22-20-38-65(67)75(70)64-37-19-21-39-66(64)76(68)57-35-23-33-53(41-57)49-25-11-7-12-26-49/h7-48H,1-6H3. The minimum Gasteiger partial charge on any atom is -0.311 e. The molecule has 0 unspecified atom stereocenters. The molecule has 4 heteroatoms. The normalized spacial score (nSPS) is 12.9. The number of hydrogen-bond acceptors (Lipinski definition) is 2. The largest absolute Gasteiger partial charge is 0.311 e. The van der Waals surface area contributed by atoms with Crippen LogP contribution >= 0.6 is 0 Å². The summed E-state index contributed by atoms with van der Waals surface area (Å²) in [5.74, 6) is 0. The highest BCUT2D eigenvalue weighted by Gasteiger charge is 2.44. The van der Waals surface area contributed by atoms with Crippen LogP contribution in [0.5, 0.6) is 0 Å². The summed E-state index contributed by atoms with van der Waals surface area (Å²) in [7, 11) is 0. The number of anilines is 6. The highest BCUT2D eigenvalue weighted by Crippen LogP contribution is 2.50. The molecule has 2 aliphatic rings. The van der Waals surface area contributed by atoms with Crippen molar-refractivity contribution in [2.75, 3.05) is 9.80 Å². The fourth-order valence-electron chi connectivity index (χ4n) is 12.6. The van der Waals surface area contributed by atoms with Crippen molar-refractivity contribution in [1.82, 2.24) is 4.57 Å². The van der Waals surface area contributed by atoms with E-state index in [4.69, 9.17) is 0 Å². The molecule has 11 aromatic carbocycles. The number of rotatable bonds is 7. The van der Waals surface area contributed by atoms with E-state index in [9.17, 15) is 0 Å². The molecule has 78 heavy (non-hydrogen) atoms. The summed E-state index contributed by atoms with van der Waals surface area (Å²) < 4.78 is 2.65. The molecule has 0 radical (unpaired) electrons. The molecule has 0 saturated heterocycles. The van der Waals surface area contributed by atoms with Gasteiger partial charge < -0.3 is 14.4 Å². The Hall–Kier alpha value is -9.12. The molecule has 14 rings (SSSR count). The zero-order chi connectivity index (χ0) is 52.9. The van der Waals surface area contributed by atoms with Crippen LogP contribution in [0.3, 0.4) is 0 Å². The topological polar surface area (TPSA) is 11.4 Å². The first kappa shape index (κ1) is 47.3. The summed E-state index contributed by atoms with van der Waals surface area (Å²) in [4.78, 5) is 5.12. The maximum absolute atomic E-state index is 2.65. The van der Waals surface area contributed by atoms with E-state index in [-0.39, 0.29) is 17.5 Å². The number of para-hydroxylation sites is 2. The Bertz CT molecular complexity index is 4010. The van der Waals surface area contributed by atoms with Crippen molar-refractivity contribution in [1.29, 1.82) is 0 Å². The quantitative estimate of drug-likeness (QED) is 0.147. The molecule has 0 N–H and O–H groups in total. The third-order valence-corrected chi connectivity index (χ3v) is 16.4. The molecule has 374 valence electrons. The van der Waals surface area contributed by atoms with Crippen LogP contribution < -0.4 is 26.2 Å². The summed E-state index contributed by atoms with van der Waals surface area (Å²) in [5.41, 5.74) is 26.1. The second-order valence-electron chi connectivity index (χ2n) is 23.4. The lowest BCUT2D eigenvalue weighted by Gasteiger charge is -2.44. The molecule has 2 aliphatic heterocycles. The fourth-order valence-corrected chi connectivity index (χ4v) is 12.6. The first-order chi connectivity index (χ1) is 38.0. The minimum absolute atomic E-state index is 0.0415. The van der Waals surface area contributed by atoms with Gasteiger partial charge in [0.1, 0.15) is 0 Å². The lowest BCUT2D eigenvalue weighted by molar-refractivity contribution is 0.590. The van der Waals surface area contributed by atoms with Gasteiger partial charge in [0.15, 0.2) is 0 Å². The number of aromatic nitrogens is 1. The van der Waals surface area contributed by atoms with E-state index in [1.54, 1.807) is 0 Å². The molecule has 0 aliphatic carbocycles. The summed E-state index contributed by atoms with van der Waals surface area (Å²) in [6.07, 6.45) is 0. The van der Waals surface area contributed by atoms with Crippen LogP contribution in [0.1, 0.15) is 52.7 Å². The molecule has 0 fully saturated rings. The number of benzene rings is 11. The van der Waals surface area contributed by atoms with Crippen molar-refractivity contribution in [3.63, 3.8) is 0 Å². The van der Waals surface area contributed by atoms with Crippen molar-refractivity contribution in [2.24, 2.45) is 0 Å². The lowest BCUT2D eigenvalue weighted by Crippen LogP contribution is -2.61. The third kappa shape index (κ3) is 7.80. The monoisotopic (exact) mass is 1000 g/mol. The molecular formula is C74H60BN3. The summed E-state index contributed by atoms with van der Waals surface area (Å²) >= 11 is 0. The van der Waals surface area contributed by atoms with Crippen LogP contribution in [0.25, 0.3) is 72.0 Å². The first-order valence-electron chi connectivity index (χ1n) is 27.5. The van der Waals surface area contributed by atoms with Gasteiger partial charge in [-0.1, -0.05) is 224 Å². The highest BCUT2D eigenvalue weighted by atomic mass is 15.2. The number of nitrogens with zero attached hydrogens (tertiary/aromatic N) is 3. The Balaban J connectivity index is 1.17. The van der Waals surface area contributed by atoms with Gasteiger partial charge in [0, 0.05) is 56.0 Å². The molecular weight excluding hydrogens is 942 g/mol. The predicted octanol–water partition coefficient (Wildman–Crippen LogP) is 18.1. The average molecular weight is 1000 g/mol. The Labute approximate surface area is 459 Å². The molecule has 0 amide bonds.